The van der Waals surface area contributed by atoms with Crippen molar-refractivity contribution in [2.24, 2.45) is 5.92 Å². The SMILES string of the molecule is Cc1cc(C)c(Nc2nc(C)cc(NCC(C)C)n2)c(Cl)c1. The average Bonchev–Trinajstić information content (AvgIpc) is 2.40. The van der Waals surface area contributed by atoms with E-state index < -0.39 is 0 Å². The van der Waals surface area contributed by atoms with Crippen LogP contribution < -0.4 is 10.6 Å². The van der Waals surface area contributed by atoms with Crippen LogP contribution in [0.1, 0.15) is 30.7 Å². The first-order valence-electron chi connectivity index (χ1n) is 7.48. The number of hydrogen-bond acceptors (Lipinski definition) is 4. The quantitative estimate of drug-likeness (QED) is 0.826. The lowest BCUT2D eigenvalue weighted by molar-refractivity contribution is 0.687. The molecule has 4 nitrogen and oxygen atoms in total. The van der Waals surface area contributed by atoms with Crippen molar-refractivity contribution >= 4 is 29.1 Å². The topological polar surface area (TPSA) is 49.8 Å². The Morgan fingerprint density at radius 1 is 1.09 bits per heavy atom. The van der Waals surface area contributed by atoms with Crippen LogP contribution in [0.4, 0.5) is 17.5 Å². The van der Waals surface area contributed by atoms with Gasteiger partial charge in [0.25, 0.3) is 0 Å². The Morgan fingerprint density at radius 3 is 2.45 bits per heavy atom. The smallest absolute Gasteiger partial charge is 0.229 e. The highest BCUT2D eigenvalue weighted by Crippen LogP contribution is 2.29. The number of nitrogens with zero attached hydrogens (tertiary/aromatic N) is 2. The molecule has 0 atom stereocenters. The van der Waals surface area contributed by atoms with Crippen LogP contribution in [0.15, 0.2) is 18.2 Å². The van der Waals surface area contributed by atoms with Gasteiger partial charge in [0.15, 0.2) is 0 Å². The van der Waals surface area contributed by atoms with Gasteiger partial charge in [-0.15, -0.1) is 0 Å². The van der Waals surface area contributed by atoms with Crippen molar-refractivity contribution in [2.75, 3.05) is 17.2 Å². The van der Waals surface area contributed by atoms with Gasteiger partial charge in [0, 0.05) is 18.3 Å². The Kier molecular flexibility index (Phi) is 5.24. The fourth-order valence-electron chi connectivity index (χ4n) is 2.21. The second kappa shape index (κ2) is 6.97. The Hall–Kier alpha value is -1.81. The van der Waals surface area contributed by atoms with E-state index in [1.807, 2.05) is 32.9 Å². The van der Waals surface area contributed by atoms with Gasteiger partial charge < -0.3 is 10.6 Å². The van der Waals surface area contributed by atoms with E-state index in [4.69, 9.17) is 11.6 Å². The zero-order valence-electron chi connectivity index (χ0n) is 13.8. The second-order valence-electron chi connectivity index (χ2n) is 6.06. The summed E-state index contributed by atoms with van der Waals surface area (Å²) in [7, 11) is 0. The Balaban J connectivity index is 2.26. The maximum absolute atomic E-state index is 6.33. The van der Waals surface area contributed by atoms with Crippen molar-refractivity contribution in [1.29, 1.82) is 0 Å². The number of aryl methyl sites for hydroxylation is 3. The fraction of sp³-hybridized carbons (Fsp3) is 0.412. The predicted molar refractivity (Wildman–Crippen MR) is 94.3 cm³/mol. The zero-order chi connectivity index (χ0) is 16.3. The summed E-state index contributed by atoms with van der Waals surface area (Å²) in [6, 6.07) is 5.96. The largest absolute Gasteiger partial charge is 0.370 e. The molecule has 0 aliphatic carbocycles. The Labute approximate surface area is 137 Å². The molecule has 1 heterocycles. The molecule has 0 saturated carbocycles. The van der Waals surface area contributed by atoms with Gasteiger partial charge in [-0.25, -0.2) is 4.98 Å². The average molecular weight is 319 g/mol. The summed E-state index contributed by atoms with van der Waals surface area (Å²) in [5.41, 5.74) is 3.97. The minimum atomic E-state index is 0.556. The number of anilines is 3. The molecule has 0 saturated heterocycles. The first-order valence-corrected chi connectivity index (χ1v) is 7.86. The minimum absolute atomic E-state index is 0.556. The van der Waals surface area contributed by atoms with E-state index in [2.05, 4.69) is 40.5 Å². The first kappa shape index (κ1) is 16.6. The van der Waals surface area contributed by atoms with Crippen LogP contribution in [0.2, 0.25) is 5.02 Å². The van der Waals surface area contributed by atoms with E-state index in [1.54, 1.807) is 0 Å². The number of halogens is 1. The molecule has 0 aliphatic heterocycles. The number of nitrogens with one attached hydrogen (secondary N) is 2. The van der Waals surface area contributed by atoms with Crippen LogP contribution in [0.5, 0.6) is 0 Å². The van der Waals surface area contributed by atoms with Gasteiger partial charge >= 0.3 is 0 Å². The Morgan fingerprint density at radius 2 is 1.82 bits per heavy atom. The standard InChI is InChI=1S/C17H23ClN4/c1-10(2)9-19-15-8-13(5)20-17(21-15)22-16-12(4)6-11(3)7-14(16)18/h6-8,10H,9H2,1-5H3,(H2,19,20,21,22). The molecular weight excluding hydrogens is 296 g/mol. The molecule has 0 radical (unpaired) electrons. The first-order chi connectivity index (χ1) is 10.3. The van der Waals surface area contributed by atoms with E-state index in [1.165, 1.54) is 0 Å². The van der Waals surface area contributed by atoms with Crippen LogP contribution in [0.3, 0.4) is 0 Å². The normalized spacial score (nSPS) is 10.9. The third-order valence-corrected chi connectivity index (χ3v) is 3.51. The summed E-state index contributed by atoms with van der Waals surface area (Å²) in [5, 5.41) is 7.25. The zero-order valence-corrected chi connectivity index (χ0v) is 14.5. The lowest BCUT2D eigenvalue weighted by atomic mass is 10.1. The molecule has 2 aromatic rings. The summed E-state index contributed by atoms with van der Waals surface area (Å²) < 4.78 is 0. The molecule has 22 heavy (non-hydrogen) atoms. The van der Waals surface area contributed by atoms with Crippen molar-refractivity contribution < 1.29 is 0 Å². The van der Waals surface area contributed by atoms with Gasteiger partial charge in [0.1, 0.15) is 5.82 Å². The lowest BCUT2D eigenvalue weighted by Gasteiger charge is -2.14. The van der Waals surface area contributed by atoms with Gasteiger partial charge in [-0.1, -0.05) is 31.5 Å². The minimum Gasteiger partial charge on any atom is -0.370 e. The van der Waals surface area contributed by atoms with Crippen molar-refractivity contribution in [1.82, 2.24) is 9.97 Å². The molecule has 0 spiro atoms. The molecular formula is C17H23ClN4. The summed E-state index contributed by atoms with van der Waals surface area (Å²) in [6.07, 6.45) is 0. The number of benzene rings is 1. The van der Waals surface area contributed by atoms with Crippen LogP contribution in [-0.2, 0) is 0 Å². The molecule has 5 heteroatoms. The van der Waals surface area contributed by atoms with Gasteiger partial charge in [-0.3, -0.25) is 0 Å². The molecule has 0 aliphatic rings. The maximum Gasteiger partial charge on any atom is 0.229 e. The molecule has 0 unspecified atom stereocenters. The van der Waals surface area contributed by atoms with E-state index in [0.29, 0.717) is 16.9 Å². The molecule has 2 rings (SSSR count). The fourth-order valence-corrected chi connectivity index (χ4v) is 2.58. The molecule has 1 aromatic heterocycles. The Bertz CT molecular complexity index is 645. The highest BCUT2D eigenvalue weighted by Gasteiger charge is 2.09. The van der Waals surface area contributed by atoms with Gasteiger partial charge in [-0.05, 0) is 43.9 Å². The maximum atomic E-state index is 6.33. The van der Waals surface area contributed by atoms with Crippen LogP contribution >= 0.6 is 11.6 Å². The number of rotatable bonds is 5. The van der Waals surface area contributed by atoms with Crippen molar-refractivity contribution in [3.05, 3.63) is 40.0 Å². The third-order valence-electron chi connectivity index (χ3n) is 3.21. The second-order valence-corrected chi connectivity index (χ2v) is 6.46. The van der Waals surface area contributed by atoms with Crippen LogP contribution in [0, 0.1) is 26.7 Å². The molecule has 2 N–H and O–H groups in total. The van der Waals surface area contributed by atoms with E-state index >= 15 is 0 Å². The summed E-state index contributed by atoms with van der Waals surface area (Å²) >= 11 is 6.33. The van der Waals surface area contributed by atoms with E-state index in [0.717, 1.165) is 34.9 Å². The van der Waals surface area contributed by atoms with Gasteiger partial charge in [0.2, 0.25) is 5.95 Å². The molecule has 118 valence electrons. The van der Waals surface area contributed by atoms with Crippen LogP contribution in [0.25, 0.3) is 0 Å². The molecule has 0 fully saturated rings. The summed E-state index contributed by atoms with van der Waals surface area (Å²) in [6.45, 7) is 11.2. The molecule has 0 bridgehead atoms. The van der Waals surface area contributed by atoms with Gasteiger partial charge in [-0.2, -0.15) is 4.98 Å². The summed E-state index contributed by atoms with van der Waals surface area (Å²) in [5.74, 6) is 1.94. The van der Waals surface area contributed by atoms with Crippen molar-refractivity contribution in [3.63, 3.8) is 0 Å². The summed E-state index contributed by atoms with van der Waals surface area (Å²) in [4.78, 5) is 8.95. The predicted octanol–water partition coefficient (Wildman–Crippen LogP) is 4.87. The van der Waals surface area contributed by atoms with Crippen molar-refractivity contribution in [3.8, 4) is 0 Å². The monoisotopic (exact) mass is 318 g/mol. The molecule has 1 aromatic carbocycles. The lowest BCUT2D eigenvalue weighted by Crippen LogP contribution is -2.11. The molecule has 0 amide bonds. The van der Waals surface area contributed by atoms with E-state index in [-0.39, 0.29) is 0 Å². The highest BCUT2D eigenvalue weighted by atomic mass is 35.5. The highest BCUT2D eigenvalue weighted by molar-refractivity contribution is 6.33. The van der Waals surface area contributed by atoms with Gasteiger partial charge in [0.05, 0.1) is 10.7 Å². The van der Waals surface area contributed by atoms with Crippen molar-refractivity contribution in [2.45, 2.75) is 34.6 Å². The van der Waals surface area contributed by atoms with Crippen LogP contribution in [-0.4, -0.2) is 16.5 Å². The number of hydrogen-bond donors (Lipinski definition) is 2. The number of aromatic nitrogens is 2. The third kappa shape index (κ3) is 4.34. The van der Waals surface area contributed by atoms with E-state index in [9.17, 15) is 0 Å².